The summed E-state index contributed by atoms with van der Waals surface area (Å²) in [6.07, 6.45) is 3.13. The number of hydrogen-bond acceptors (Lipinski definition) is 4. The summed E-state index contributed by atoms with van der Waals surface area (Å²) < 4.78 is 0. The number of nitrogens with one attached hydrogen (secondary N) is 1. The molecule has 0 bridgehead atoms. The minimum absolute atomic E-state index is 0.360. The number of carbonyl (C=O) groups is 2. The fourth-order valence-corrected chi connectivity index (χ4v) is 3.43. The quantitative estimate of drug-likeness (QED) is 0.789. The van der Waals surface area contributed by atoms with Gasteiger partial charge in [-0.25, -0.2) is 0 Å². The molecule has 1 aromatic heterocycles. The second-order valence-electron chi connectivity index (χ2n) is 4.66. The van der Waals surface area contributed by atoms with Crippen LogP contribution in [0.15, 0.2) is 24.5 Å². The van der Waals surface area contributed by atoms with Crippen LogP contribution in [-0.2, 0) is 9.59 Å². The maximum Gasteiger partial charge on any atom is 0.313 e. The van der Waals surface area contributed by atoms with Crippen LogP contribution in [0.2, 0.25) is 0 Å². The van der Waals surface area contributed by atoms with Crippen molar-refractivity contribution in [2.45, 2.75) is 24.3 Å². The molecule has 0 saturated carbocycles. The Morgan fingerprint density at radius 1 is 1.37 bits per heavy atom. The van der Waals surface area contributed by atoms with Crippen LogP contribution in [0.25, 0.3) is 0 Å². The number of amides is 2. The Morgan fingerprint density at radius 3 is 2.63 bits per heavy atom. The fraction of sp³-hybridized carbons (Fsp3) is 0.462. The molecule has 6 heteroatoms. The predicted octanol–water partition coefficient (Wildman–Crippen LogP) is 1.37. The van der Waals surface area contributed by atoms with E-state index in [1.165, 1.54) is 6.20 Å². The summed E-state index contributed by atoms with van der Waals surface area (Å²) >= 11 is 1.84. The van der Waals surface area contributed by atoms with Crippen molar-refractivity contribution in [1.82, 2.24) is 9.88 Å². The molecule has 0 radical (unpaired) electrons. The van der Waals surface area contributed by atoms with Gasteiger partial charge in [-0.2, -0.15) is 11.8 Å². The maximum atomic E-state index is 12.1. The first-order chi connectivity index (χ1) is 9.06. The highest BCUT2D eigenvalue weighted by atomic mass is 32.2. The van der Waals surface area contributed by atoms with Crippen LogP contribution in [-0.4, -0.2) is 45.3 Å². The van der Waals surface area contributed by atoms with Gasteiger partial charge >= 0.3 is 11.8 Å². The largest absolute Gasteiger partial charge is 0.332 e. The lowest BCUT2D eigenvalue weighted by Crippen LogP contribution is -2.48. The molecule has 102 valence electrons. The van der Waals surface area contributed by atoms with Gasteiger partial charge in [0.25, 0.3) is 0 Å². The number of anilines is 1. The van der Waals surface area contributed by atoms with Gasteiger partial charge in [0.2, 0.25) is 0 Å². The average molecular weight is 279 g/mol. The second kappa shape index (κ2) is 6.06. The van der Waals surface area contributed by atoms with Gasteiger partial charge in [0.15, 0.2) is 0 Å². The van der Waals surface area contributed by atoms with E-state index in [-0.39, 0.29) is 0 Å². The Labute approximate surface area is 116 Å². The van der Waals surface area contributed by atoms with Crippen LogP contribution in [0.3, 0.4) is 0 Å². The Hall–Kier alpha value is -1.56. The van der Waals surface area contributed by atoms with E-state index in [1.54, 1.807) is 23.2 Å². The van der Waals surface area contributed by atoms with Crippen molar-refractivity contribution in [3.8, 4) is 0 Å². The van der Waals surface area contributed by atoms with Gasteiger partial charge in [0.05, 0.1) is 11.9 Å². The van der Waals surface area contributed by atoms with Crippen molar-refractivity contribution < 1.29 is 9.59 Å². The topological polar surface area (TPSA) is 62.3 Å². The molecular weight excluding hydrogens is 262 g/mol. The van der Waals surface area contributed by atoms with E-state index in [2.05, 4.69) is 24.1 Å². The zero-order chi connectivity index (χ0) is 13.8. The van der Waals surface area contributed by atoms with E-state index < -0.39 is 11.8 Å². The number of hydrogen-bond donors (Lipinski definition) is 1. The van der Waals surface area contributed by atoms with Gasteiger partial charge in [-0.05, 0) is 12.1 Å². The van der Waals surface area contributed by atoms with Crippen LogP contribution in [0.4, 0.5) is 5.69 Å². The molecule has 2 rings (SSSR count). The highest BCUT2D eigenvalue weighted by Gasteiger charge is 2.29. The molecule has 1 saturated heterocycles. The summed E-state index contributed by atoms with van der Waals surface area (Å²) in [4.78, 5) is 29.5. The normalized spacial score (nSPS) is 22.9. The lowest BCUT2D eigenvalue weighted by molar-refractivity contribution is -0.143. The Morgan fingerprint density at radius 2 is 2.05 bits per heavy atom. The molecule has 2 atom stereocenters. The monoisotopic (exact) mass is 279 g/mol. The summed E-state index contributed by atoms with van der Waals surface area (Å²) in [6.45, 7) is 5.38. The molecule has 1 aliphatic heterocycles. The number of rotatable bonds is 1. The van der Waals surface area contributed by atoms with Crippen molar-refractivity contribution in [1.29, 1.82) is 0 Å². The number of pyridine rings is 1. The third-order valence-corrected chi connectivity index (χ3v) is 4.05. The van der Waals surface area contributed by atoms with Gasteiger partial charge in [-0.15, -0.1) is 0 Å². The van der Waals surface area contributed by atoms with Gasteiger partial charge in [0.1, 0.15) is 0 Å². The minimum atomic E-state index is -0.598. The molecule has 0 spiro atoms. The molecule has 2 amide bonds. The summed E-state index contributed by atoms with van der Waals surface area (Å²) in [7, 11) is 0. The van der Waals surface area contributed by atoms with Gasteiger partial charge < -0.3 is 10.2 Å². The first-order valence-corrected chi connectivity index (χ1v) is 7.16. The van der Waals surface area contributed by atoms with E-state index in [4.69, 9.17) is 0 Å². The van der Waals surface area contributed by atoms with E-state index >= 15 is 0 Å². The average Bonchev–Trinajstić information content (AvgIpc) is 2.37. The highest BCUT2D eigenvalue weighted by Crippen LogP contribution is 2.24. The van der Waals surface area contributed by atoms with E-state index in [0.29, 0.717) is 29.3 Å². The SMILES string of the molecule is C[C@@H]1CN(C(=O)C(=O)Nc2cccnc2)C[C@@H](C)S1. The second-order valence-corrected chi connectivity index (χ2v) is 6.54. The number of carbonyl (C=O) groups excluding carboxylic acids is 2. The van der Waals surface area contributed by atoms with Crippen molar-refractivity contribution in [3.63, 3.8) is 0 Å². The van der Waals surface area contributed by atoms with Crippen molar-refractivity contribution in [3.05, 3.63) is 24.5 Å². The Kier molecular flexibility index (Phi) is 4.42. The zero-order valence-corrected chi connectivity index (χ0v) is 11.8. The maximum absolute atomic E-state index is 12.1. The molecule has 1 aliphatic rings. The molecule has 1 N–H and O–H groups in total. The third kappa shape index (κ3) is 3.70. The van der Waals surface area contributed by atoms with Crippen molar-refractivity contribution >= 4 is 29.3 Å². The standard InChI is InChI=1S/C13H17N3O2S/c1-9-7-16(8-10(2)19-9)13(18)12(17)15-11-4-3-5-14-6-11/h3-6,9-10H,7-8H2,1-2H3,(H,15,17)/t9-,10-/m1/s1. The molecule has 2 heterocycles. The highest BCUT2D eigenvalue weighted by molar-refractivity contribution is 8.00. The molecule has 0 aromatic carbocycles. The summed E-state index contributed by atoms with van der Waals surface area (Å²) in [5, 5.41) is 3.29. The van der Waals surface area contributed by atoms with E-state index in [0.717, 1.165) is 0 Å². The van der Waals surface area contributed by atoms with Crippen LogP contribution < -0.4 is 5.32 Å². The number of thioether (sulfide) groups is 1. The number of aromatic nitrogens is 1. The first-order valence-electron chi connectivity index (χ1n) is 6.22. The molecular formula is C13H17N3O2S. The van der Waals surface area contributed by atoms with Crippen molar-refractivity contribution in [2.75, 3.05) is 18.4 Å². The molecule has 1 aromatic rings. The lowest BCUT2D eigenvalue weighted by atomic mass is 10.3. The molecule has 19 heavy (non-hydrogen) atoms. The number of nitrogens with zero attached hydrogens (tertiary/aromatic N) is 2. The molecule has 0 aliphatic carbocycles. The molecule has 0 unspecified atom stereocenters. The van der Waals surface area contributed by atoms with E-state index in [9.17, 15) is 9.59 Å². The van der Waals surface area contributed by atoms with Crippen LogP contribution in [0.1, 0.15) is 13.8 Å². The third-order valence-electron chi connectivity index (χ3n) is 2.82. The fourth-order valence-electron chi connectivity index (χ4n) is 2.11. The zero-order valence-electron chi connectivity index (χ0n) is 11.0. The predicted molar refractivity (Wildman–Crippen MR) is 76.0 cm³/mol. The first kappa shape index (κ1) is 13.9. The van der Waals surface area contributed by atoms with Gasteiger partial charge in [-0.1, -0.05) is 13.8 Å². The van der Waals surface area contributed by atoms with E-state index in [1.807, 2.05) is 11.8 Å². The lowest BCUT2D eigenvalue weighted by Gasteiger charge is -2.34. The van der Waals surface area contributed by atoms with Gasteiger partial charge in [-0.3, -0.25) is 14.6 Å². The summed E-state index contributed by atoms with van der Waals surface area (Å²) in [5.74, 6) is -1.07. The Balaban J connectivity index is 1.97. The molecule has 1 fully saturated rings. The summed E-state index contributed by atoms with van der Waals surface area (Å²) in [6, 6.07) is 3.41. The van der Waals surface area contributed by atoms with Crippen LogP contribution in [0, 0.1) is 0 Å². The van der Waals surface area contributed by atoms with Crippen LogP contribution in [0.5, 0.6) is 0 Å². The minimum Gasteiger partial charge on any atom is -0.332 e. The van der Waals surface area contributed by atoms with Gasteiger partial charge in [0, 0.05) is 29.8 Å². The van der Waals surface area contributed by atoms with Crippen molar-refractivity contribution in [2.24, 2.45) is 0 Å². The smallest absolute Gasteiger partial charge is 0.313 e. The Bertz CT molecular complexity index is 456. The molecule has 5 nitrogen and oxygen atoms in total. The summed E-state index contributed by atoms with van der Waals surface area (Å²) in [5.41, 5.74) is 0.535. The van der Waals surface area contributed by atoms with Crippen LogP contribution >= 0.6 is 11.8 Å².